The molecule has 1 heterocycles. The van der Waals surface area contributed by atoms with Crippen molar-refractivity contribution in [3.63, 3.8) is 0 Å². The van der Waals surface area contributed by atoms with Crippen LogP contribution in [0.25, 0.3) is 0 Å². The summed E-state index contributed by atoms with van der Waals surface area (Å²) in [5.41, 5.74) is 6.99. The molecule has 4 heteroatoms. The van der Waals surface area contributed by atoms with Crippen molar-refractivity contribution in [2.24, 2.45) is 11.7 Å². The molecule has 1 atom stereocenters. The third-order valence-corrected chi connectivity index (χ3v) is 2.28. The Labute approximate surface area is 89.5 Å². The predicted octanol–water partition coefficient (Wildman–Crippen LogP) is 1.56. The number of methoxy groups -OCH3 is 1. The number of aromatic nitrogens is 1. The van der Waals surface area contributed by atoms with Crippen LogP contribution in [-0.2, 0) is 0 Å². The van der Waals surface area contributed by atoms with Crippen molar-refractivity contribution in [3.05, 3.63) is 23.5 Å². The molecule has 0 amide bonds. The van der Waals surface area contributed by atoms with Crippen LogP contribution in [0.2, 0.25) is 0 Å². The molecule has 0 spiro atoms. The number of nitrogens with zero attached hydrogens (tertiary/aromatic N) is 1. The van der Waals surface area contributed by atoms with Crippen LogP contribution in [0.1, 0.15) is 36.1 Å². The first kappa shape index (κ1) is 11.7. The van der Waals surface area contributed by atoms with Gasteiger partial charge in [0, 0.05) is 0 Å². The van der Waals surface area contributed by atoms with E-state index in [0.717, 1.165) is 0 Å². The number of aldehydes is 1. The van der Waals surface area contributed by atoms with Gasteiger partial charge < -0.3 is 10.5 Å². The lowest BCUT2D eigenvalue weighted by molar-refractivity contribution is 0.111. The molecular formula is C11H16N2O2. The number of carbonyl (C=O) groups excluding carboxylic acids is 1. The molecular weight excluding hydrogens is 192 g/mol. The number of carbonyl (C=O) groups is 1. The van der Waals surface area contributed by atoms with Gasteiger partial charge in [-0.2, -0.15) is 0 Å². The van der Waals surface area contributed by atoms with Crippen LogP contribution in [0.15, 0.2) is 12.1 Å². The molecule has 0 fully saturated rings. The lowest BCUT2D eigenvalue weighted by atomic mass is 10.0. The van der Waals surface area contributed by atoms with E-state index in [-0.39, 0.29) is 12.0 Å². The van der Waals surface area contributed by atoms with E-state index in [2.05, 4.69) is 4.98 Å². The molecule has 1 rings (SSSR count). The van der Waals surface area contributed by atoms with Crippen molar-refractivity contribution in [2.45, 2.75) is 19.9 Å². The van der Waals surface area contributed by atoms with Crippen molar-refractivity contribution in [2.75, 3.05) is 7.11 Å². The second-order valence-electron chi connectivity index (χ2n) is 3.71. The molecule has 0 radical (unpaired) electrons. The first-order valence-electron chi connectivity index (χ1n) is 4.85. The van der Waals surface area contributed by atoms with Crippen molar-refractivity contribution >= 4 is 6.29 Å². The molecule has 0 aliphatic heterocycles. The van der Waals surface area contributed by atoms with Crippen LogP contribution in [0.3, 0.4) is 0 Å². The van der Waals surface area contributed by atoms with Crippen LogP contribution < -0.4 is 10.5 Å². The zero-order chi connectivity index (χ0) is 11.4. The molecule has 2 N–H and O–H groups in total. The lowest BCUT2D eigenvalue weighted by Gasteiger charge is -2.17. The van der Waals surface area contributed by atoms with Gasteiger partial charge in [-0.1, -0.05) is 13.8 Å². The molecule has 1 aromatic heterocycles. The maximum atomic E-state index is 10.6. The minimum Gasteiger partial charge on any atom is -0.495 e. The molecule has 0 saturated carbocycles. The highest BCUT2D eigenvalue weighted by Crippen LogP contribution is 2.26. The van der Waals surface area contributed by atoms with Gasteiger partial charge >= 0.3 is 0 Å². The maximum Gasteiger partial charge on any atom is 0.168 e. The third kappa shape index (κ3) is 2.53. The fraction of sp³-hybridized carbons (Fsp3) is 0.455. The summed E-state index contributed by atoms with van der Waals surface area (Å²) in [4.78, 5) is 14.8. The second-order valence-corrected chi connectivity index (χ2v) is 3.71. The standard InChI is InChI=1S/C11H16N2O2/c1-7(2)10(12)11-9(15-3)5-4-8(6-14)13-11/h4-7,10H,12H2,1-3H3/t10-/m1/s1. The molecule has 1 aromatic rings. The summed E-state index contributed by atoms with van der Waals surface area (Å²) in [6, 6.07) is 3.11. The van der Waals surface area contributed by atoms with Crippen molar-refractivity contribution < 1.29 is 9.53 Å². The largest absolute Gasteiger partial charge is 0.495 e. The number of hydrogen-bond donors (Lipinski definition) is 1. The third-order valence-electron chi connectivity index (χ3n) is 2.28. The smallest absolute Gasteiger partial charge is 0.168 e. The Bertz CT molecular complexity index is 350. The normalized spacial score (nSPS) is 12.6. The molecule has 15 heavy (non-hydrogen) atoms. The quantitative estimate of drug-likeness (QED) is 0.762. The molecule has 0 aliphatic carbocycles. The molecule has 0 bridgehead atoms. The number of rotatable bonds is 4. The summed E-state index contributed by atoms with van der Waals surface area (Å²) in [5.74, 6) is 0.870. The topological polar surface area (TPSA) is 65.2 Å². The van der Waals surface area contributed by atoms with E-state index >= 15 is 0 Å². The van der Waals surface area contributed by atoms with Gasteiger partial charge in [0.2, 0.25) is 0 Å². The van der Waals surface area contributed by atoms with Gasteiger partial charge in [0.1, 0.15) is 17.1 Å². The van der Waals surface area contributed by atoms with E-state index in [9.17, 15) is 4.79 Å². The van der Waals surface area contributed by atoms with Crippen molar-refractivity contribution in [3.8, 4) is 5.75 Å². The van der Waals surface area contributed by atoms with E-state index in [0.29, 0.717) is 23.4 Å². The summed E-state index contributed by atoms with van der Waals surface area (Å²) in [6.07, 6.45) is 0.704. The summed E-state index contributed by atoms with van der Waals surface area (Å²) < 4.78 is 5.16. The van der Waals surface area contributed by atoms with E-state index < -0.39 is 0 Å². The highest BCUT2D eigenvalue weighted by atomic mass is 16.5. The second kappa shape index (κ2) is 4.89. The van der Waals surface area contributed by atoms with Crippen LogP contribution >= 0.6 is 0 Å². The molecule has 0 saturated heterocycles. The monoisotopic (exact) mass is 208 g/mol. The van der Waals surface area contributed by atoms with E-state index in [4.69, 9.17) is 10.5 Å². The van der Waals surface area contributed by atoms with Gasteiger partial charge in [0.25, 0.3) is 0 Å². The van der Waals surface area contributed by atoms with Crippen LogP contribution in [0, 0.1) is 5.92 Å². The predicted molar refractivity (Wildman–Crippen MR) is 57.9 cm³/mol. The number of pyridine rings is 1. The minimum atomic E-state index is -0.222. The summed E-state index contributed by atoms with van der Waals surface area (Å²) in [7, 11) is 1.56. The van der Waals surface area contributed by atoms with Gasteiger partial charge in [0.05, 0.1) is 13.2 Å². The van der Waals surface area contributed by atoms with E-state index in [1.807, 2.05) is 13.8 Å². The number of nitrogens with two attached hydrogens (primary N) is 1. The average Bonchev–Trinajstić information content (AvgIpc) is 2.27. The van der Waals surface area contributed by atoms with Gasteiger partial charge in [-0.3, -0.25) is 4.79 Å². The number of ether oxygens (including phenoxy) is 1. The molecule has 0 aromatic carbocycles. The zero-order valence-electron chi connectivity index (χ0n) is 9.23. The van der Waals surface area contributed by atoms with Gasteiger partial charge in [-0.05, 0) is 18.1 Å². The molecule has 0 unspecified atom stereocenters. The summed E-state index contributed by atoms with van der Waals surface area (Å²) in [6.45, 7) is 4.00. The Balaban J connectivity index is 3.16. The molecule has 82 valence electrons. The van der Waals surface area contributed by atoms with Crippen LogP contribution in [0.4, 0.5) is 0 Å². The Hall–Kier alpha value is -1.42. The average molecular weight is 208 g/mol. The first-order valence-corrected chi connectivity index (χ1v) is 4.85. The Morgan fingerprint density at radius 2 is 2.13 bits per heavy atom. The fourth-order valence-electron chi connectivity index (χ4n) is 1.27. The highest BCUT2D eigenvalue weighted by molar-refractivity contribution is 5.72. The van der Waals surface area contributed by atoms with Crippen molar-refractivity contribution in [1.29, 1.82) is 0 Å². The molecule has 4 nitrogen and oxygen atoms in total. The summed E-state index contributed by atoms with van der Waals surface area (Å²) >= 11 is 0. The van der Waals surface area contributed by atoms with Gasteiger partial charge in [-0.15, -0.1) is 0 Å². The Morgan fingerprint density at radius 3 is 2.60 bits per heavy atom. The summed E-state index contributed by atoms with van der Waals surface area (Å²) in [5, 5.41) is 0. The number of hydrogen-bond acceptors (Lipinski definition) is 4. The lowest BCUT2D eigenvalue weighted by Crippen LogP contribution is -2.19. The van der Waals surface area contributed by atoms with Gasteiger partial charge in [-0.25, -0.2) is 4.98 Å². The Kier molecular flexibility index (Phi) is 3.80. The Morgan fingerprint density at radius 1 is 1.47 bits per heavy atom. The van der Waals surface area contributed by atoms with Gasteiger partial charge in [0.15, 0.2) is 6.29 Å². The van der Waals surface area contributed by atoms with Crippen molar-refractivity contribution in [1.82, 2.24) is 4.98 Å². The SMILES string of the molecule is COc1ccc(C=O)nc1[C@H](N)C(C)C. The maximum absolute atomic E-state index is 10.6. The highest BCUT2D eigenvalue weighted by Gasteiger charge is 2.17. The molecule has 0 aliphatic rings. The van der Waals surface area contributed by atoms with Crippen LogP contribution in [0.5, 0.6) is 5.75 Å². The first-order chi connectivity index (χ1) is 7.10. The zero-order valence-corrected chi connectivity index (χ0v) is 9.23. The minimum absolute atomic E-state index is 0.222. The fourth-order valence-corrected chi connectivity index (χ4v) is 1.27. The van der Waals surface area contributed by atoms with Crippen LogP contribution in [-0.4, -0.2) is 18.4 Å². The van der Waals surface area contributed by atoms with E-state index in [1.165, 1.54) is 0 Å². The van der Waals surface area contributed by atoms with E-state index in [1.54, 1.807) is 19.2 Å².